The predicted octanol–water partition coefficient (Wildman–Crippen LogP) is 5.04. The van der Waals surface area contributed by atoms with Gasteiger partial charge in [-0.3, -0.25) is 0 Å². The second-order valence-electron chi connectivity index (χ2n) is 4.36. The Hall–Kier alpha value is -0.900. The first-order valence-electron chi connectivity index (χ1n) is 6.04. The van der Waals surface area contributed by atoms with Crippen LogP contribution in [0.5, 0.6) is 0 Å². The largest absolute Gasteiger partial charge is 0.363 e. The molecule has 0 radical (unpaired) electrons. The van der Waals surface area contributed by atoms with E-state index in [9.17, 15) is 0 Å². The summed E-state index contributed by atoms with van der Waals surface area (Å²) in [6.07, 6.45) is 1.05. The maximum absolute atomic E-state index is 6.10. The monoisotopic (exact) mass is 310 g/mol. The highest BCUT2D eigenvalue weighted by Crippen LogP contribution is 2.38. The molecule has 1 aromatic carbocycles. The molecule has 1 atom stereocenters. The van der Waals surface area contributed by atoms with Crippen molar-refractivity contribution < 1.29 is 0 Å². The van der Waals surface area contributed by atoms with Gasteiger partial charge in [-0.15, -0.1) is 11.8 Å². The Balaban J connectivity index is 1.89. The number of nitrogens with zero attached hydrogens (tertiary/aromatic N) is 1. The van der Waals surface area contributed by atoms with E-state index in [1.807, 2.05) is 36.0 Å². The molecule has 0 amide bonds. The van der Waals surface area contributed by atoms with Gasteiger partial charge in [0.1, 0.15) is 11.0 Å². The first kappa shape index (κ1) is 13.1. The molecule has 19 heavy (non-hydrogen) atoms. The molecule has 1 N–H and O–H groups in total. The zero-order valence-electron chi connectivity index (χ0n) is 10.1. The first-order chi connectivity index (χ1) is 9.22. The Kier molecular flexibility index (Phi) is 3.87. The highest BCUT2D eigenvalue weighted by molar-refractivity contribution is 7.99. The van der Waals surface area contributed by atoms with Gasteiger partial charge < -0.3 is 5.32 Å². The van der Waals surface area contributed by atoms with Gasteiger partial charge in [-0.1, -0.05) is 29.3 Å². The SMILES string of the molecule is Clc1ccc2c(c1)C(Nc1cccc(Cl)n1)CCS2. The van der Waals surface area contributed by atoms with Crippen molar-refractivity contribution in [3.8, 4) is 0 Å². The maximum Gasteiger partial charge on any atom is 0.131 e. The van der Waals surface area contributed by atoms with Gasteiger partial charge in [-0.25, -0.2) is 4.98 Å². The summed E-state index contributed by atoms with van der Waals surface area (Å²) in [6, 6.07) is 11.9. The average molecular weight is 311 g/mol. The molecule has 2 nitrogen and oxygen atoms in total. The smallest absolute Gasteiger partial charge is 0.131 e. The number of hydrogen-bond donors (Lipinski definition) is 1. The Morgan fingerprint density at radius 2 is 2.11 bits per heavy atom. The number of thioether (sulfide) groups is 1. The van der Waals surface area contributed by atoms with Crippen LogP contribution < -0.4 is 5.32 Å². The van der Waals surface area contributed by atoms with E-state index in [0.717, 1.165) is 23.0 Å². The summed E-state index contributed by atoms with van der Waals surface area (Å²) in [4.78, 5) is 5.56. The number of fused-ring (bicyclic) bond motifs is 1. The first-order valence-corrected chi connectivity index (χ1v) is 7.78. The van der Waals surface area contributed by atoms with Gasteiger partial charge in [0.2, 0.25) is 0 Å². The van der Waals surface area contributed by atoms with Crippen molar-refractivity contribution >= 4 is 40.8 Å². The van der Waals surface area contributed by atoms with Crippen LogP contribution in [0.4, 0.5) is 5.82 Å². The minimum absolute atomic E-state index is 0.237. The van der Waals surface area contributed by atoms with Crippen molar-refractivity contribution in [2.75, 3.05) is 11.1 Å². The number of pyridine rings is 1. The third-order valence-corrected chi connectivity index (χ3v) is 4.62. The number of hydrogen-bond acceptors (Lipinski definition) is 3. The van der Waals surface area contributed by atoms with E-state index >= 15 is 0 Å². The van der Waals surface area contributed by atoms with Crippen LogP contribution in [0.15, 0.2) is 41.3 Å². The maximum atomic E-state index is 6.10. The van der Waals surface area contributed by atoms with Crippen molar-refractivity contribution in [3.63, 3.8) is 0 Å². The molecule has 0 fully saturated rings. The number of nitrogens with one attached hydrogen (secondary N) is 1. The molecule has 98 valence electrons. The van der Waals surface area contributed by atoms with Crippen LogP contribution in [-0.2, 0) is 0 Å². The number of rotatable bonds is 2. The number of benzene rings is 1. The van der Waals surface area contributed by atoms with Crippen LogP contribution in [-0.4, -0.2) is 10.7 Å². The van der Waals surface area contributed by atoms with E-state index in [1.54, 1.807) is 6.07 Å². The summed E-state index contributed by atoms with van der Waals surface area (Å²) in [5.41, 5.74) is 1.24. The van der Waals surface area contributed by atoms with Gasteiger partial charge in [0.25, 0.3) is 0 Å². The van der Waals surface area contributed by atoms with Crippen molar-refractivity contribution in [1.82, 2.24) is 4.98 Å². The zero-order valence-corrected chi connectivity index (χ0v) is 12.4. The Morgan fingerprint density at radius 3 is 2.95 bits per heavy atom. The summed E-state index contributed by atoms with van der Waals surface area (Å²) in [5.74, 6) is 1.89. The van der Waals surface area contributed by atoms with E-state index < -0.39 is 0 Å². The number of halogens is 2. The molecule has 1 aromatic heterocycles. The summed E-state index contributed by atoms with van der Waals surface area (Å²) in [5, 5.41) is 4.71. The second kappa shape index (κ2) is 5.61. The predicted molar refractivity (Wildman–Crippen MR) is 82.4 cm³/mol. The van der Waals surface area contributed by atoms with Crippen LogP contribution in [0, 0.1) is 0 Å². The quantitative estimate of drug-likeness (QED) is 0.787. The van der Waals surface area contributed by atoms with Crippen molar-refractivity contribution in [2.45, 2.75) is 17.4 Å². The van der Waals surface area contributed by atoms with E-state index in [1.165, 1.54) is 10.5 Å². The fourth-order valence-electron chi connectivity index (χ4n) is 2.18. The van der Waals surface area contributed by atoms with Crippen LogP contribution >= 0.6 is 35.0 Å². The molecule has 1 unspecified atom stereocenters. The number of aromatic nitrogens is 1. The van der Waals surface area contributed by atoms with Gasteiger partial charge in [-0.2, -0.15) is 0 Å². The highest BCUT2D eigenvalue weighted by Gasteiger charge is 2.21. The molecular formula is C14H12Cl2N2S. The third kappa shape index (κ3) is 2.99. The summed E-state index contributed by atoms with van der Waals surface area (Å²) in [6.45, 7) is 0. The Bertz CT molecular complexity index is 604. The molecule has 5 heteroatoms. The third-order valence-electron chi connectivity index (χ3n) is 3.05. The van der Waals surface area contributed by atoms with Crippen molar-refractivity contribution in [2.24, 2.45) is 0 Å². The van der Waals surface area contributed by atoms with Crippen LogP contribution in [0.2, 0.25) is 10.2 Å². The van der Waals surface area contributed by atoms with Gasteiger partial charge >= 0.3 is 0 Å². The van der Waals surface area contributed by atoms with Gasteiger partial charge in [0.05, 0.1) is 6.04 Å². The Labute approximate surface area is 126 Å². The molecule has 0 saturated carbocycles. The van der Waals surface area contributed by atoms with Crippen LogP contribution in [0.25, 0.3) is 0 Å². The fraction of sp³-hybridized carbons (Fsp3) is 0.214. The summed E-state index contributed by atoms with van der Waals surface area (Å²) in [7, 11) is 0. The Morgan fingerprint density at radius 1 is 1.21 bits per heavy atom. The van der Waals surface area contributed by atoms with Crippen molar-refractivity contribution in [1.29, 1.82) is 0 Å². The van der Waals surface area contributed by atoms with E-state index in [2.05, 4.69) is 16.4 Å². The van der Waals surface area contributed by atoms with E-state index in [0.29, 0.717) is 5.15 Å². The van der Waals surface area contributed by atoms with E-state index in [4.69, 9.17) is 23.2 Å². The molecule has 0 spiro atoms. The minimum atomic E-state index is 0.237. The molecule has 1 aliphatic rings. The van der Waals surface area contributed by atoms with Gasteiger partial charge in [-0.05, 0) is 42.3 Å². The summed E-state index contributed by atoms with van der Waals surface area (Å²) < 4.78 is 0. The topological polar surface area (TPSA) is 24.9 Å². The lowest BCUT2D eigenvalue weighted by molar-refractivity contribution is 0.724. The molecule has 1 aliphatic heterocycles. The second-order valence-corrected chi connectivity index (χ2v) is 6.32. The molecule has 2 heterocycles. The van der Waals surface area contributed by atoms with Gasteiger partial charge in [0, 0.05) is 15.7 Å². The normalized spacial score (nSPS) is 17.9. The minimum Gasteiger partial charge on any atom is -0.363 e. The van der Waals surface area contributed by atoms with Crippen LogP contribution in [0.3, 0.4) is 0 Å². The number of anilines is 1. The zero-order chi connectivity index (χ0) is 13.2. The standard InChI is InChI=1S/C14H12Cl2N2S/c15-9-4-5-12-10(8-9)11(6-7-19-12)17-14-3-1-2-13(16)18-14/h1-5,8,11H,6-7H2,(H,17,18). The summed E-state index contributed by atoms with van der Waals surface area (Å²) >= 11 is 13.9. The van der Waals surface area contributed by atoms with E-state index in [-0.39, 0.29) is 6.04 Å². The average Bonchev–Trinajstić information content (AvgIpc) is 2.39. The molecule has 0 bridgehead atoms. The van der Waals surface area contributed by atoms with Gasteiger partial charge in [0.15, 0.2) is 0 Å². The lowest BCUT2D eigenvalue weighted by atomic mass is 10.0. The molecule has 0 aliphatic carbocycles. The lowest BCUT2D eigenvalue weighted by Gasteiger charge is -2.26. The molecule has 0 saturated heterocycles. The van der Waals surface area contributed by atoms with Crippen molar-refractivity contribution in [3.05, 3.63) is 52.1 Å². The molecular weight excluding hydrogens is 299 g/mol. The lowest BCUT2D eigenvalue weighted by Crippen LogP contribution is -2.16. The van der Waals surface area contributed by atoms with Crippen LogP contribution in [0.1, 0.15) is 18.0 Å². The fourth-order valence-corrected chi connectivity index (χ4v) is 3.63. The molecule has 2 aromatic rings. The molecule has 3 rings (SSSR count). The highest BCUT2D eigenvalue weighted by atomic mass is 35.5.